The van der Waals surface area contributed by atoms with Crippen molar-refractivity contribution in [3.05, 3.63) is 70.4 Å². The molecule has 0 bridgehead atoms. The van der Waals surface area contributed by atoms with Crippen molar-refractivity contribution < 1.29 is 22.7 Å². The van der Waals surface area contributed by atoms with Crippen LogP contribution in [0.15, 0.2) is 64.9 Å². The Morgan fingerprint density at radius 1 is 1.03 bits per heavy atom. The molecule has 3 aromatic rings. The van der Waals surface area contributed by atoms with Crippen LogP contribution >= 0.6 is 11.3 Å². The van der Waals surface area contributed by atoms with E-state index in [0.717, 1.165) is 0 Å². The van der Waals surface area contributed by atoms with Crippen molar-refractivity contribution in [3.8, 4) is 5.75 Å². The van der Waals surface area contributed by atoms with Crippen molar-refractivity contribution in [1.29, 1.82) is 0 Å². The molecule has 31 heavy (non-hydrogen) atoms. The molecule has 2 amide bonds. The van der Waals surface area contributed by atoms with Crippen molar-refractivity contribution in [3.63, 3.8) is 0 Å². The highest BCUT2D eigenvalue weighted by Gasteiger charge is 2.18. The van der Waals surface area contributed by atoms with Crippen LogP contribution in [0, 0.1) is 6.92 Å². The SMILES string of the molecule is COc1ccc(NS(=O)(=O)c2cc(NC(=O)CNC(=O)c3cccs3)ccc2C)cc1. The molecule has 162 valence electrons. The Morgan fingerprint density at radius 3 is 2.39 bits per heavy atom. The average Bonchev–Trinajstić information content (AvgIpc) is 3.28. The maximum atomic E-state index is 12.9. The van der Waals surface area contributed by atoms with Crippen molar-refractivity contribution in [2.45, 2.75) is 11.8 Å². The highest BCUT2D eigenvalue weighted by atomic mass is 32.2. The summed E-state index contributed by atoms with van der Waals surface area (Å²) in [6.45, 7) is 1.42. The molecule has 1 aromatic heterocycles. The van der Waals surface area contributed by atoms with Crippen molar-refractivity contribution >= 4 is 44.5 Å². The maximum absolute atomic E-state index is 12.9. The van der Waals surface area contributed by atoms with Gasteiger partial charge in [0.1, 0.15) is 5.75 Å². The molecule has 2 aromatic carbocycles. The largest absolute Gasteiger partial charge is 0.497 e. The number of aryl methyl sites for hydroxylation is 1. The van der Waals surface area contributed by atoms with Gasteiger partial charge in [0.2, 0.25) is 5.91 Å². The summed E-state index contributed by atoms with van der Waals surface area (Å²) < 4.78 is 33.3. The monoisotopic (exact) mass is 459 g/mol. The van der Waals surface area contributed by atoms with E-state index in [1.807, 2.05) is 0 Å². The second kappa shape index (κ2) is 9.63. The van der Waals surface area contributed by atoms with Gasteiger partial charge in [-0.05, 0) is 60.3 Å². The number of hydrogen-bond acceptors (Lipinski definition) is 6. The summed E-state index contributed by atoms with van der Waals surface area (Å²) >= 11 is 1.27. The summed E-state index contributed by atoms with van der Waals surface area (Å²) in [5, 5.41) is 6.89. The number of benzene rings is 2. The number of anilines is 2. The van der Waals surface area contributed by atoms with Crippen LogP contribution in [-0.2, 0) is 14.8 Å². The van der Waals surface area contributed by atoms with Gasteiger partial charge in [-0.3, -0.25) is 14.3 Å². The molecule has 3 rings (SSSR count). The summed E-state index contributed by atoms with van der Waals surface area (Å²) in [7, 11) is -2.36. The highest BCUT2D eigenvalue weighted by Crippen LogP contribution is 2.24. The quantitative estimate of drug-likeness (QED) is 0.479. The lowest BCUT2D eigenvalue weighted by atomic mass is 10.2. The van der Waals surface area contributed by atoms with E-state index in [1.165, 1.54) is 24.5 Å². The molecule has 10 heteroatoms. The standard InChI is InChI=1S/C21H21N3O5S2/c1-14-5-6-16(23-20(25)13-22-21(26)18-4-3-11-30-18)12-19(14)31(27,28)24-15-7-9-17(29-2)10-8-15/h3-12,24H,13H2,1-2H3,(H,22,26)(H,23,25). The first-order valence-corrected chi connectivity index (χ1v) is 11.5. The van der Waals surface area contributed by atoms with Crippen LogP contribution in [0.4, 0.5) is 11.4 Å². The van der Waals surface area contributed by atoms with Crippen LogP contribution in [-0.4, -0.2) is 33.9 Å². The van der Waals surface area contributed by atoms with Gasteiger partial charge in [-0.2, -0.15) is 0 Å². The van der Waals surface area contributed by atoms with Gasteiger partial charge in [0.15, 0.2) is 0 Å². The third-order valence-electron chi connectivity index (χ3n) is 4.26. The van der Waals surface area contributed by atoms with Gasteiger partial charge in [-0.1, -0.05) is 12.1 Å². The lowest BCUT2D eigenvalue weighted by Gasteiger charge is -2.13. The van der Waals surface area contributed by atoms with E-state index in [9.17, 15) is 18.0 Å². The first-order chi connectivity index (χ1) is 14.8. The number of hydrogen-bond donors (Lipinski definition) is 3. The van der Waals surface area contributed by atoms with Crippen LogP contribution in [0.25, 0.3) is 0 Å². The Bertz CT molecular complexity index is 1170. The number of sulfonamides is 1. The Labute approximate surface area is 184 Å². The number of carbonyl (C=O) groups is 2. The van der Waals surface area contributed by atoms with Crippen molar-refractivity contribution in [1.82, 2.24) is 5.32 Å². The number of nitrogens with one attached hydrogen (secondary N) is 3. The number of ether oxygens (including phenoxy) is 1. The smallest absolute Gasteiger partial charge is 0.262 e. The molecular formula is C21H21N3O5S2. The lowest BCUT2D eigenvalue weighted by Crippen LogP contribution is -2.32. The summed E-state index contributed by atoms with van der Waals surface area (Å²) in [6, 6.07) is 14.4. The van der Waals surface area contributed by atoms with Crippen LogP contribution in [0.5, 0.6) is 5.75 Å². The second-order valence-electron chi connectivity index (χ2n) is 6.52. The first kappa shape index (κ1) is 22.3. The lowest BCUT2D eigenvalue weighted by molar-refractivity contribution is -0.115. The maximum Gasteiger partial charge on any atom is 0.262 e. The van der Waals surface area contributed by atoms with Gasteiger partial charge in [0.05, 0.1) is 23.4 Å². The number of carbonyl (C=O) groups excluding carboxylic acids is 2. The van der Waals surface area contributed by atoms with Gasteiger partial charge in [-0.15, -0.1) is 11.3 Å². The zero-order chi connectivity index (χ0) is 22.4. The van der Waals surface area contributed by atoms with Crippen LogP contribution < -0.4 is 20.1 Å². The van der Waals surface area contributed by atoms with E-state index >= 15 is 0 Å². The third kappa shape index (κ3) is 5.83. The van der Waals surface area contributed by atoms with Crippen molar-refractivity contribution in [2.24, 2.45) is 0 Å². The minimum Gasteiger partial charge on any atom is -0.497 e. The van der Waals surface area contributed by atoms with Crippen LogP contribution in [0.1, 0.15) is 15.2 Å². The Hall–Kier alpha value is -3.37. The van der Waals surface area contributed by atoms with Crippen LogP contribution in [0.2, 0.25) is 0 Å². The highest BCUT2D eigenvalue weighted by molar-refractivity contribution is 7.92. The number of methoxy groups -OCH3 is 1. The molecule has 0 unspecified atom stereocenters. The molecule has 0 saturated heterocycles. The van der Waals surface area contributed by atoms with Gasteiger partial charge in [0, 0.05) is 11.4 Å². The molecule has 1 heterocycles. The normalized spacial score (nSPS) is 10.9. The summed E-state index contributed by atoms with van der Waals surface area (Å²) in [4.78, 5) is 24.6. The molecule has 0 aliphatic rings. The Kier molecular flexibility index (Phi) is 6.93. The Balaban J connectivity index is 1.68. The van der Waals surface area contributed by atoms with Gasteiger partial charge in [0.25, 0.3) is 15.9 Å². The molecule has 0 saturated carbocycles. The van der Waals surface area contributed by atoms with Gasteiger partial charge in [-0.25, -0.2) is 8.42 Å². The predicted molar refractivity (Wildman–Crippen MR) is 120 cm³/mol. The summed E-state index contributed by atoms with van der Waals surface area (Å²) in [6.07, 6.45) is 0. The predicted octanol–water partition coefficient (Wildman–Crippen LogP) is 3.23. The van der Waals surface area contributed by atoms with E-state index < -0.39 is 15.9 Å². The van der Waals surface area contributed by atoms with E-state index in [0.29, 0.717) is 27.6 Å². The van der Waals surface area contributed by atoms with E-state index in [2.05, 4.69) is 15.4 Å². The van der Waals surface area contributed by atoms with Gasteiger partial charge >= 0.3 is 0 Å². The minimum absolute atomic E-state index is 0.0312. The molecule has 8 nitrogen and oxygen atoms in total. The van der Waals surface area contributed by atoms with Crippen LogP contribution in [0.3, 0.4) is 0 Å². The zero-order valence-corrected chi connectivity index (χ0v) is 18.5. The number of amides is 2. The molecule has 3 N–H and O–H groups in total. The fraction of sp³-hybridized carbons (Fsp3) is 0.143. The first-order valence-electron chi connectivity index (χ1n) is 9.17. The summed E-state index contributed by atoms with van der Waals surface area (Å²) in [5.74, 6) is -0.212. The molecule has 0 radical (unpaired) electrons. The topological polar surface area (TPSA) is 114 Å². The minimum atomic E-state index is -3.89. The van der Waals surface area contributed by atoms with E-state index in [4.69, 9.17) is 4.74 Å². The fourth-order valence-corrected chi connectivity index (χ4v) is 4.67. The molecule has 0 spiro atoms. The average molecular weight is 460 g/mol. The zero-order valence-electron chi connectivity index (χ0n) is 16.8. The van der Waals surface area contributed by atoms with Gasteiger partial charge < -0.3 is 15.4 Å². The summed E-state index contributed by atoms with van der Waals surface area (Å²) in [5.41, 5.74) is 1.20. The van der Waals surface area contributed by atoms with Crippen molar-refractivity contribution in [2.75, 3.05) is 23.7 Å². The molecule has 0 atom stereocenters. The number of rotatable bonds is 8. The molecule has 0 fully saturated rings. The molecular weight excluding hydrogens is 438 g/mol. The molecule has 0 aliphatic heterocycles. The second-order valence-corrected chi connectivity index (χ2v) is 9.12. The van der Waals surface area contributed by atoms with E-state index in [-0.39, 0.29) is 17.3 Å². The number of thiophene rings is 1. The Morgan fingerprint density at radius 2 is 1.74 bits per heavy atom. The molecule has 0 aliphatic carbocycles. The third-order valence-corrected chi connectivity index (χ3v) is 6.65. The fourth-order valence-electron chi connectivity index (χ4n) is 2.70. The van der Waals surface area contributed by atoms with E-state index in [1.54, 1.807) is 60.8 Å².